The maximum Gasteiger partial charge on any atom is 0.410 e. The van der Waals surface area contributed by atoms with Crippen LogP contribution in [0.5, 0.6) is 0 Å². The zero-order valence-electron chi connectivity index (χ0n) is 31.1. The van der Waals surface area contributed by atoms with Gasteiger partial charge in [0.1, 0.15) is 5.60 Å². The van der Waals surface area contributed by atoms with Crippen molar-refractivity contribution in [1.82, 2.24) is 14.7 Å². The third kappa shape index (κ3) is 11.6. The van der Waals surface area contributed by atoms with Crippen LogP contribution in [0.15, 0.2) is 36.0 Å². The van der Waals surface area contributed by atoms with E-state index in [2.05, 4.69) is 11.8 Å². The molecule has 4 aliphatic rings. The number of allylic oxidation sites excluding steroid dienone is 5. The van der Waals surface area contributed by atoms with E-state index < -0.39 is 47.3 Å². The molecule has 0 unspecified atom stereocenters. The van der Waals surface area contributed by atoms with E-state index in [1.54, 1.807) is 24.0 Å². The van der Waals surface area contributed by atoms with Crippen LogP contribution < -0.4 is 0 Å². The number of rotatable bonds is 8. The molecule has 1 saturated carbocycles. The topological polar surface area (TPSA) is 128 Å². The molecule has 10 nitrogen and oxygen atoms in total. The van der Waals surface area contributed by atoms with Gasteiger partial charge < -0.3 is 24.7 Å². The van der Waals surface area contributed by atoms with Gasteiger partial charge >= 0.3 is 6.09 Å². The molecule has 280 valence electrons. The molecule has 0 aromatic heterocycles. The van der Waals surface area contributed by atoms with E-state index in [0.29, 0.717) is 31.1 Å². The van der Waals surface area contributed by atoms with Crippen molar-refractivity contribution in [2.75, 3.05) is 39.3 Å². The zero-order chi connectivity index (χ0) is 36.3. The van der Waals surface area contributed by atoms with Gasteiger partial charge in [-0.15, -0.1) is 0 Å². The molecule has 2 aliphatic carbocycles. The summed E-state index contributed by atoms with van der Waals surface area (Å²) in [6.45, 7) is 11.7. The molecule has 2 saturated heterocycles. The molecular formula is C40H63N3O7. The number of aliphatic hydroxyl groups is 2. The summed E-state index contributed by atoms with van der Waals surface area (Å²) in [5.74, 6) is -2.10. The molecule has 2 N–H and O–H groups in total. The van der Waals surface area contributed by atoms with Crippen LogP contribution in [-0.2, 0) is 19.1 Å². The molecule has 50 heavy (non-hydrogen) atoms. The first-order valence-corrected chi connectivity index (χ1v) is 19.3. The number of nitrogens with zero attached hydrogens (tertiary/aromatic N) is 3. The van der Waals surface area contributed by atoms with Crippen molar-refractivity contribution in [3.05, 3.63) is 36.0 Å². The van der Waals surface area contributed by atoms with Crippen LogP contribution in [0.4, 0.5) is 4.79 Å². The summed E-state index contributed by atoms with van der Waals surface area (Å²) in [6.07, 6.45) is 17.3. The van der Waals surface area contributed by atoms with Gasteiger partial charge in [0, 0.05) is 58.2 Å². The number of hydrogen-bond donors (Lipinski definition) is 2. The fraction of sp³-hybridized carbons (Fsp3) is 0.750. The van der Waals surface area contributed by atoms with Gasteiger partial charge in [-0.3, -0.25) is 19.3 Å². The van der Waals surface area contributed by atoms with Crippen LogP contribution in [0, 0.1) is 17.8 Å². The summed E-state index contributed by atoms with van der Waals surface area (Å²) < 4.78 is 5.99. The van der Waals surface area contributed by atoms with Gasteiger partial charge in [0.05, 0.1) is 12.0 Å². The highest BCUT2D eigenvalue weighted by atomic mass is 16.6. The van der Waals surface area contributed by atoms with Gasteiger partial charge in [0.25, 0.3) is 0 Å². The van der Waals surface area contributed by atoms with E-state index in [1.807, 2.05) is 37.0 Å². The second-order valence-electron chi connectivity index (χ2n) is 15.6. The lowest BCUT2D eigenvalue weighted by molar-refractivity contribution is -0.140. The van der Waals surface area contributed by atoms with Crippen LogP contribution in [0.2, 0.25) is 0 Å². The van der Waals surface area contributed by atoms with Crippen molar-refractivity contribution in [1.29, 1.82) is 0 Å². The predicted octanol–water partition coefficient (Wildman–Crippen LogP) is 5.62. The number of Topliss-reactive ketones (excluding diaryl/α,β-unsaturated/α-hetero) is 2. The van der Waals surface area contributed by atoms with Gasteiger partial charge in [-0.2, -0.15) is 0 Å². The van der Waals surface area contributed by atoms with Gasteiger partial charge in [0.2, 0.25) is 17.5 Å². The molecule has 6 atom stereocenters. The molecule has 0 radical (unpaired) electrons. The van der Waals surface area contributed by atoms with Gasteiger partial charge in [0.15, 0.2) is 6.10 Å². The minimum absolute atomic E-state index is 0.0733. The van der Waals surface area contributed by atoms with Crippen LogP contribution in [-0.4, -0.2) is 112 Å². The molecule has 2 amide bonds. The largest absolute Gasteiger partial charge is 0.439 e. The number of piperazine rings is 1. The van der Waals surface area contributed by atoms with Crippen LogP contribution in [0.1, 0.15) is 111 Å². The third-order valence-corrected chi connectivity index (χ3v) is 11.4. The minimum atomic E-state index is -1.50. The summed E-state index contributed by atoms with van der Waals surface area (Å²) in [7, 11) is 0. The maximum atomic E-state index is 13.6. The van der Waals surface area contributed by atoms with Crippen LogP contribution in [0.25, 0.3) is 0 Å². The maximum absolute atomic E-state index is 13.6. The second kappa shape index (κ2) is 19.1. The van der Waals surface area contributed by atoms with Gasteiger partial charge in [-0.25, -0.2) is 4.79 Å². The number of aliphatic hydroxyl groups excluding tert-OH is 1. The highest BCUT2D eigenvalue weighted by Crippen LogP contribution is 2.30. The Bertz CT molecular complexity index is 1240. The highest BCUT2D eigenvalue weighted by Gasteiger charge is 2.38. The van der Waals surface area contributed by atoms with Crippen molar-refractivity contribution < 1.29 is 34.1 Å². The first-order chi connectivity index (χ1) is 23.9. The van der Waals surface area contributed by atoms with Crippen LogP contribution in [0.3, 0.4) is 0 Å². The fourth-order valence-corrected chi connectivity index (χ4v) is 7.96. The Morgan fingerprint density at radius 1 is 0.960 bits per heavy atom. The van der Waals surface area contributed by atoms with Crippen molar-refractivity contribution in [3.8, 4) is 0 Å². The molecule has 3 fully saturated rings. The summed E-state index contributed by atoms with van der Waals surface area (Å²) in [5, 5.41) is 22.3. The fourth-order valence-electron chi connectivity index (χ4n) is 7.96. The number of likely N-dealkylation sites (tertiary alicyclic amines) is 1. The lowest BCUT2D eigenvalue weighted by Crippen LogP contribution is -2.53. The molecule has 0 bridgehead atoms. The molecule has 0 aromatic carbocycles. The third-order valence-electron chi connectivity index (χ3n) is 11.4. The minimum Gasteiger partial charge on any atom is -0.439 e. The van der Waals surface area contributed by atoms with E-state index >= 15 is 0 Å². The highest BCUT2D eigenvalue weighted by molar-refractivity contribution is 6.38. The van der Waals surface area contributed by atoms with Crippen molar-refractivity contribution in [2.24, 2.45) is 17.8 Å². The Kier molecular flexibility index (Phi) is 15.3. The average Bonchev–Trinajstić information content (AvgIpc) is 3.50. The van der Waals surface area contributed by atoms with E-state index in [-0.39, 0.29) is 31.1 Å². The predicted molar refractivity (Wildman–Crippen MR) is 194 cm³/mol. The molecule has 2 heterocycles. The summed E-state index contributed by atoms with van der Waals surface area (Å²) in [5.41, 5.74) is -0.813. The van der Waals surface area contributed by atoms with Crippen LogP contribution >= 0.6 is 0 Å². The van der Waals surface area contributed by atoms with Gasteiger partial charge in [-0.1, -0.05) is 69.4 Å². The number of carbonyl (C=O) groups is 4. The monoisotopic (exact) mass is 697 g/mol. The zero-order valence-corrected chi connectivity index (χ0v) is 31.1. The molecule has 2 aliphatic heterocycles. The average molecular weight is 698 g/mol. The Hall–Kier alpha value is -2.82. The van der Waals surface area contributed by atoms with Crippen molar-refractivity contribution >= 4 is 23.6 Å². The lowest BCUT2D eigenvalue weighted by atomic mass is 9.79. The number of hydrogen-bond acceptors (Lipinski definition) is 8. The standard InChI is InChI=1S/C40H63N3O7/c1-29(16-19-36(46)42-22-9-10-23-42)12-11-13-30(2)37-31(3)17-18-35(40(4,49)21-20-33(44)28-34(45)38(37)47)50-39(48)43-26-24-41(25-27-43)32-14-7-5-6-8-15-32/h11-13,17-18,29,31-33,35,37,44,49H,5-10,14-16,19-28H2,1-4H3/b12-11+,18-17+,30-13+/t29-,31+,33+,35+,37-,40+/m1/s1. The SMILES string of the molecule is C/C(=C\C=C\[C@@H](C)CCC(=O)N1CCCC1)[C@H]1C(=O)C(=O)C[C@@H](O)CC[C@](C)(O)[C@@H](OC(=O)N2CCN(C3CCCCCC3)CC2)/C=C/[C@@H]1C. The second-order valence-corrected chi connectivity index (χ2v) is 15.6. The smallest absolute Gasteiger partial charge is 0.410 e. The first kappa shape index (κ1) is 40.0. The molecule has 4 rings (SSSR count). The Morgan fingerprint density at radius 2 is 1.62 bits per heavy atom. The molecule has 0 spiro atoms. The number of ether oxygens (including phenoxy) is 1. The molecular weight excluding hydrogens is 634 g/mol. The summed E-state index contributed by atoms with van der Waals surface area (Å²) in [4.78, 5) is 58.7. The first-order valence-electron chi connectivity index (χ1n) is 19.3. The number of carbonyl (C=O) groups excluding carboxylic acids is 4. The quantitative estimate of drug-likeness (QED) is 0.145. The lowest BCUT2D eigenvalue weighted by Gasteiger charge is -2.40. The van der Waals surface area contributed by atoms with E-state index in [4.69, 9.17) is 4.74 Å². The Labute approximate surface area is 300 Å². The normalized spacial score (nSPS) is 31.6. The Balaban J connectivity index is 1.43. The molecule has 10 heteroatoms. The molecule has 0 aromatic rings. The number of amides is 2. The Morgan fingerprint density at radius 3 is 2.28 bits per heavy atom. The summed E-state index contributed by atoms with van der Waals surface area (Å²) in [6, 6.07) is 0.577. The van der Waals surface area contributed by atoms with E-state index in [1.165, 1.54) is 38.5 Å². The van der Waals surface area contributed by atoms with Gasteiger partial charge in [-0.05, 0) is 76.7 Å². The van der Waals surface area contributed by atoms with E-state index in [0.717, 1.165) is 45.4 Å². The van der Waals surface area contributed by atoms with E-state index in [9.17, 15) is 29.4 Å². The summed E-state index contributed by atoms with van der Waals surface area (Å²) >= 11 is 0. The number of ketones is 2. The van der Waals surface area contributed by atoms with Crippen molar-refractivity contribution in [3.63, 3.8) is 0 Å². The van der Waals surface area contributed by atoms with Crippen molar-refractivity contribution in [2.45, 2.75) is 135 Å².